The molecule has 1 heterocycles. The van der Waals surface area contributed by atoms with E-state index in [-0.39, 0.29) is 21.7 Å². The van der Waals surface area contributed by atoms with E-state index < -0.39 is 0 Å². The summed E-state index contributed by atoms with van der Waals surface area (Å²) in [4.78, 5) is 2.52. The Morgan fingerprint density at radius 2 is 0.786 bits per heavy atom. The van der Waals surface area contributed by atoms with Crippen LogP contribution in [0.5, 0.6) is 0 Å². The Balaban J connectivity index is 1.16. The van der Waals surface area contributed by atoms with Gasteiger partial charge in [0.05, 0.1) is 22.4 Å². The van der Waals surface area contributed by atoms with Crippen LogP contribution < -0.4 is 4.90 Å². The first-order valence-corrected chi connectivity index (χ1v) is 25.3. The fourth-order valence-corrected chi connectivity index (χ4v) is 10.8. The molecular formula is C68H66N2. The molecular weight excluding hydrogens is 845 g/mol. The molecule has 0 atom stereocenters. The molecule has 2 nitrogen and oxygen atoms in total. The van der Waals surface area contributed by atoms with E-state index in [1.807, 2.05) is 0 Å². The van der Waals surface area contributed by atoms with Gasteiger partial charge >= 0.3 is 0 Å². The number of fused-ring (bicyclic) bond motifs is 3. The van der Waals surface area contributed by atoms with Crippen LogP contribution in [0.4, 0.5) is 17.1 Å². The van der Waals surface area contributed by atoms with Gasteiger partial charge in [-0.05, 0) is 148 Å². The molecule has 348 valence electrons. The van der Waals surface area contributed by atoms with Crippen LogP contribution in [0, 0.1) is 0 Å². The highest BCUT2D eigenvalue weighted by atomic mass is 15.1. The number of hydrogen-bond acceptors (Lipinski definition) is 1. The molecule has 0 aliphatic heterocycles. The molecule has 0 aliphatic carbocycles. The van der Waals surface area contributed by atoms with E-state index in [9.17, 15) is 0 Å². The van der Waals surface area contributed by atoms with Gasteiger partial charge in [0, 0.05) is 32.9 Å². The quantitative estimate of drug-likeness (QED) is 0.151. The summed E-state index contributed by atoms with van der Waals surface area (Å²) in [5.74, 6) is 0. The first kappa shape index (κ1) is 45.3. The predicted molar refractivity (Wildman–Crippen MR) is 305 cm³/mol. The van der Waals surface area contributed by atoms with Crippen molar-refractivity contribution in [3.8, 4) is 27.9 Å². The zero-order chi connectivity index (χ0) is 49.1. The molecule has 10 aromatic carbocycles. The van der Waals surface area contributed by atoms with E-state index in [1.54, 1.807) is 0 Å². The summed E-state index contributed by atoms with van der Waals surface area (Å²) >= 11 is 0. The van der Waals surface area contributed by atoms with Gasteiger partial charge in [-0.3, -0.25) is 0 Å². The van der Waals surface area contributed by atoms with Crippen molar-refractivity contribution in [1.29, 1.82) is 0 Å². The second-order valence-electron chi connectivity index (χ2n) is 24.0. The van der Waals surface area contributed by atoms with Gasteiger partial charge in [-0.2, -0.15) is 0 Å². The first-order chi connectivity index (χ1) is 33.2. The van der Waals surface area contributed by atoms with Crippen molar-refractivity contribution < 1.29 is 0 Å². The van der Waals surface area contributed by atoms with Crippen LogP contribution in [0.15, 0.2) is 182 Å². The Kier molecular flexibility index (Phi) is 10.5. The van der Waals surface area contributed by atoms with E-state index in [4.69, 9.17) is 0 Å². The van der Waals surface area contributed by atoms with E-state index >= 15 is 0 Å². The second-order valence-corrected chi connectivity index (χ2v) is 24.0. The summed E-state index contributed by atoms with van der Waals surface area (Å²) < 4.78 is 2.53. The number of rotatable bonds is 6. The van der Waals surface area contributed by atoms with Crippen molar-refractivity contribution in [1.82, 2.24) is 4.57 Å². The molecule has 0 spiro atoms. The Morgan fingerprint density at radius 3 is 1.31 bits per heavy atom. The fraction of sp³-hybridized carbons (Fsp3) is 0.235. The van der Waals surface area contributed by atoms with Crippen LogP contribution >= 0.6 is 0 Å². The van der Waals surface area contributed by atoms with E-state index in [0.717, 1.165) is 11.4 Å². The lowest BCUT2D eigenvalue weighted by Gasteiger charge is -2.32. The van der Waals surface area contributed by atoms with Crippen molar-refractivity contribution in [2.45, 2.75) is 105 Å². The lowest BCUT2D eigenvalue weighted by molar-refractivity contribution is 0.569. The maximum atomic E-state index is 2.53. The maximum Gasteiger partial charge on any atom is 0.0541 e. The summed E-state index contributed by atoms with van der Waals surface area (Å²) in [7, 11) is 0. The van der Waals surface area contributed by atoms with Gasteiger partial charge in [0.2, 0.25) is 0 Å². The highest BCUT2D eigenvalue weighted by Gasteiger charge is 2.27. The molecule has 0 radical (unpaired) electrons. The van der Waals surface area contributed by atoms with E-state index in [1.165, 1.54) is 110 Å². The van der Waals surface area contributed by atoms with Crippen molar-refractivity contribution in [3.63, 3.8) is 0 Å². The minimum absolute atomic E-state index is 0.0288. The summed E-state index contributed by atoms with van der Waals surface area (Å²) in [6, 6.07) is 69.2. The second kappa shape index (κ2) is 16.2. The molecule has 0 fully saturated rings. The molecule has 70 heavy (non-hydrogen) atoms. The fourth-order valence-electron chi connectivity index (χ4n) is 10.8. The molecule has 0 bridgehead atoms. The average Bonchev–Trinajstić information content (AvgIpc) is 3.66. The number of hydrogen-bond donors (Lipinski definition) is 0. The maximum absolute atomic E-state index is 2.53. The Bertz CT molecular complexity index is 3680. The molecule has 0 saturated carbocycles. The first-order valence-electron chi connectivity index (χ1n) is 25.3. The number of aromatic nitrogens is 1. The predicted octanol–water partition coefficient (Wildman–Crippen LogP) is 19.7. The Labute approximate surface area is 415 Å². The van der Waals surface area contributed by atoms with Crippen LogP contribution in [-0.2, 0) is 21.7 Å². The minimum Gasteiger partial charge on any atom is -0.310 e. The third-order valence-corrected chi connectivity index (χ3v) is 15.0. The summed E-state index contributed by atoms with van der Waals surface area (Å²) in [6.45, 7) is 27.9. The molecule has 0 unspecified atom stereocenters. The summed E-state index contributed by atoms with van der Waals surface area (Å²) in [5.41, 5.74) is 17.3. The van der Waals surface area contributed by atoms with E-state index in [0.29, 0.717) is 0 Å². The van der Waals surface area contributed by atoms with Gasteiger partial charge in [0.15, 0.2) is 0 Å². The molecule has 0 saturated heterocycles. The lowest BCUT2D eigenvalue weighted by atomic mass is 9.80. The van der Waals surface area contributed by atoms with Crippen LogP contribution in [0.2, 0.25) is 0 Å². The van der Waals surface area contributed by atoms with Crippen molar-refractivity contribution >= 4 is 71.2 Å². The van der Waals surface area contributed by atoms with Crippen LogP contribution in [0.3, 0.4) is 0 Å². The van der Waals surface area contributed by atoms with Crippen molar-refractivity contribution in [2.24, 2.45) is 0 Å². The van der Waals surface area contributed by atoms with E-state index in [2.05, 4.69) is 275 Å². The molecule has 11 rings (SSSR count). The zero-order valence-electron chi connectivity index (χ0n) is 43.2. The zero-order valence-corrected chi connectivity index (χ0v) is 43.2. The molecule has 0 aliphatic rings. The van der Waals surface area contributed by atoms with Gasteiger partial charge in [-0.1, -0.05) is 204 Å². The number of nitrogens with zero attached hydrogens (tertiary/aromatic N) is 2. The topological polar surface area (TPSA) is 8.17 Å². The van der Waals surface area contributed by atoms with Crippen molar-refractivity contribution in [3.05, 3.63) is 204 Å². The summed E-state index contributed by atoms with van der Waals surface area (Å²) in [5, 5.41) is 10.2. The summed E-state index contributed by atoms with van der Waals surface area (Å²) in [6.07, 6.45) is 0. The third-order valence-electron chi connectivity index (χ3n) is 15.0. The smallest absolute Gasteiger partial charge is 0.0541 e. The largest absolute Gasteiger partial charge is 0.310 e. The lowest BCUT2D eigenvalue weighted by Crippen LogP contribution is -2.19. The van der Waals surface area contributed by atoms with Gasteiger partial charge in [0.25, 0.3) is 0 Å². The minimum atomic E-state index is -0.0544. The van der Waals surface area contributed by atoms with Gasteiger partial charge in [-0.25, -0.2) is 0 Å². The highest BCUT2D eigenvalue weighted by molar-refractivity contribution is 6.27. The molecule has 0 amide bonds. The Morgan fingerprint density at radius 1 is 0.329 bits per heavy atom. The average molecular weight is 911 g/mol. The molecule has 11 aromatic rings. The van der Waals surface area contributed by atoms with Crippen molar-refractivity contribution in [2.75, 3.05) is 4.90 Å². The standard InChI is InChI=1S/C68H66N2/c1-65(2,3)47-28-36-61-57(41-47)58-42-48(66(4,5)6)29-37-62(58)70(61)60-35-27-46-24-32-55-59(34-26-45-25-33-56(60)64(46)63(45)55)69(52-39-49(67(7,8)9)38-50(40-52)68(10,11)12)51-30-22-44(23-31-51)54-21-17-16-20-53(54)43-18-14-13-15-19-43/h13-42H,1-12H3. The van der Waals surface area contributed by atoms with Crippen LogP contribution in [0.25, 0.3) is 82.1 Å². The van der Waals surface area contributed by atoms with Gasteiger partial charge < -0.3 is 9.47 Å². The van der Waals surface area contributed by atoms with Gasteiger partial charge in [0.1, 0.15) is 0 Å². The molecule has 2 heteroatoms. The number of benzene rings is 10. The normalized spacial score (nSPS) is 12.9. The molecule has 1 aromatic heterocycles. The van der Waals surface area contributed by atoms with Crippen LogP contribution in [-0.4, -0.2) is 4.57 Å². The SMILES string of the molecule is CC(C)(C)c1cc(N(c2ccc(-c3ccccc3-c3ccccc3)cc2)c2ccc3ccc4c(-n5c6ccc(C(C)(C)C)cc6c6cc(C(C)(C)C)ccc65)ccc5ccc2c3c54)cc(C(C)(C)C)c1. The number of anilines is 3. The Hall–Kier alpha value is -7.16. The molecule has 0 N–H and O–H groups in total. The monoisotopic (exact) mass is 911 g/mol. The van der Waals surface area contributed by atoms with Crippen LogP contribution in [0.1, 0.15) is 105 Å². The highest BCUT2D eigenvalue weighted by Crippen LogP contribution is 2.48. The van der Waals surface area contributed by atoms with Gasteiger partial charge in [-0.15, -0.1) is 0 Å². The third kappa shape index (κ3) is 7.73.